The lowest BCUT2D eigenvalue weighted by molar-refractivity contribution is -0.145. The topological polar surface area (TPSA) is 56.0 Å². The molecule has 0 radical (unpaired) electrons. The molecule has 0 aromatic heterocycles. The van der Waals surface area contributed by atoms with Crippen LogP contribution in [-0.4, -0.2) is 23.9 Å². The van der Waals surface area contributed by atoms with Crippen LogP contribution in [0, 0.1) is 11.3 Å². The minimum Gasteiger partial charge on any atom is -0.394 e. The summed E-state index contributed by atoms with van der Waals surface area (Å²) in [5.74, 6) is 0. The smallest absolute Gasteiger partial charge is 0.394 e. The van der Waals surface area contributed by atoms with Crippen molar-refractivity contribution < 1.29 is 18.3 Å². The van der Waals surface area contributed by atoms with E-state index in [9.17, 15) is 13.2 Å². The highest BCUT2D eigenvalue weighted by molar-refractivity contribution is 5.19. The predicted octanol–water partition coefficient (Wildman–Crippen LogP) is 1.76. The van der Waals surface area contributed by atoms with Gasteiger partial charge in [0, 0.05) is 0 Å². The molecule has 92 valence electrons. The molecule has 0 aliphatic rings. The van der Waals surface area contributed by atoms with Gasteiger partial charge in [-0.2, -0.15) is 18.4 Å². The van der Waals surface area contributed by atoms with E-state index in [1.165, 1.54) is 0 Å². The standard InChI is InChI=1S/C11H11F3N2O/c12-11(13,14)10(6-15)16-9(7-17)8-4-2-1-3-5-8/h1-5,9-10,16-17H,7H2/t9-,10+/m0/s1. The summed E-state index contributed by atoms with van der Waals surface area (Å²) in [4.78, 5) is 0. The van der Waals surface area contributed by atoms with Gasteiger partial charge in [-0.05, 0) is 5.56 Å². The molecule has 2 atom stereocenters. The van der Waals surface area contributed by atoms with Crippen molar-refractivity contribution in [3.8, 4) is 6.07 Å². The number of nitrogens with one attached hydrogen (secondary N) is 1. The number of hydrogen-bond donors (Lipinski definition) is 2. The molecule has 0 amide bonds. The van der Waals surface area contributed by atoms with Crippen LogP contribution in [0.4, 0.5) is 13.2 Å². The number of aliphatic hydroxyl groups excluding tert-OH is 1. The van der Waals surface area contributed by atoms with Gasteiger partial charge in [0.15, 0.2) is 6.04 Å². The largest absolute Gasteiger partial charge is 0.417 e. The van der Waals surface area contributed by atoms with Gasteiger partial charge in [0.2, 0.25) is 0 Å². The van der Waals surface area contributed by atoms with Gasteiger partial charge in [-0.15, -0.1) is 0 Å². The Hall–Kier alpha value is -1.58. The Morgan fingerprint density at radius 1 is 1.29 bits per heavy atom. The molecular formula is C11H11F3N2O. The van der Waals surface area contributed by atoms with Crippen LogP contribution in [0.5, 0.6) is 0 Å². The zero-order valence-electron chi connectivity index (χ0n) is 8.78. The Bertz CT molecular complexity index is 386. The van der Waals surface area contributed by atoms with Crippen LogP contribution in [0.3, 0.4) is 0 Å². The van der Waals surface area contributed by atoms with E-state index in [2.05, 4.69) is 5.32 Å². The first-order valence-corrected chi connectivity index (χ1v) is 4.87. The molecule has 0 spiro atoms. The summed E-state index contributed by atoms with van der Waals surface area (Å²) in [5, 5.41) is 19.6. The molecule has 1 aromatic rings. The van der Waals surface area contributed by atoms with Crippen molar-refractivity contribution in [1.82, 2.24) is 5.32 Å². The predicted molar refractivity (Wildman–Crippen MR) is 54.9 cm³/mol. The number of benzene rings is 1. The highest BCUT2D eigenvalue weighted by Gasteiger charge is 2.41. The van der Waals surface area contributed by atoms with Crippen LogP contribution >= 0.6 is 0 Å². The third-order valence-electron chi connectivity index (χ3n) is 2.21. The van der Waals surface area contributed by atoms with Crippen LogP contribution in [-0.2, 0) is 0 Å². The Morgan fingerprint density at radius 2 is 1.88 bits per heavy atom. The van der Waals surface area contributed by atoms with E-state index >= 15 is 0 Å². The summed E-state index contributed by atoms with van der Waals surface area (Å²) in [6.45, 7) is -0.516. The van der Waals surface area contributed by atoms with E-state index in [0.29, 0.717) is 5.56 Å². The van der Waals surface area contributed by atoms with Crippen molar-refractivity contribution in [1.29, 1.82) is 5.26 Å². The lowest BCUT2D eigenvalue weighted by atomic mass is 10.1. The van der Waals surface area contributed by atoms with Gasteiger partial charge in [0.05, 0.1) is 18.7 Å². The summed E-state index contributed by atoms with van der Waals surface area (Å²) >= 11 is 0. The Labute approximate surface area is 96.5 Å². The molecule has 0 saturated carbocycles. The second-order valence-electron chi connectivity index (χ2n) is 3.42. The summed E-state index contributed by atoms with van der Waals surface area (Å²) in [7, 11) is 0. The van der Waals surface area contributed by atoms with Crippen LogP contribution < -0.4 is 5.32 Å². The molecule has 0 fully saturated rings. The minimum atomic E-state index is -4.66. The maximum atomic E-state index is 12.4. The van der Waals surface area contributed by atoms with Crippen molar-refractivity contribution in [2.45, 2.75) is 18.3 Å². The van der Waals surface area contributed by atoms with Crippen molar-refractivity contribution >= 4 is 0 Å². The maximum absolute atomic E-state index is 12.4. The first kappa shape index (κ1) is 13.5. The zero-order chi connectivity index (χ0) is 12.9. The van der Waals surface area contributed by atoms with Crippen molar-refractivity contribution in [2.75, 3.05) is 6.61 Å². The van der Waals surface area contributed by atoms with Crippen molar-refractivity contribution in [2.24, 2.45) is 0 Å². The quantitative estimate of drug-likeness (QED) is 0.848. The number of halogens is 3. The Balaban J connectivity index is 2.81. The maximum Gasteiger partial charge on any atom is 0.417 e. The third kappa shape index (κ3) is 3.73. The molecule has 1 rings (SSSR count). The van der Waals surface area contributed by atoms with Gasteiger partial charge in [-0.3, -0.25) is 5.32 Å². The molecule has 1 aromatic carbocycles. The van der Waals surface area contributed by atoms with Crippen LogP contribution in [0.2, 0.25) is 0 Å². The molecule has 17 heavy (non-hydrogen) atoms. The summed E-state index contributed by atoms with van der Waals surface area (Å²) in [5.41, 5.74) is 0.500. The van der Waals surface area contributed by atoms with Gasteiger partial charge < -0.3 is 5.11 Å². The van der Waals surface area contributed by atoms with E-state index in [1.807, 2.05) is 0 Å². The van der Waals surface area contributed by atoms with Gasteiger partial charge in [0.25, 0.3) is 0 Å². The number of nitriles is 1. The normalized spacial score (nSPS) is 15.0. The minimum absolute atomic E-state index is 0.500. The number of aliphatic hydroxyl groups is 1. The van der Waals surface area contributed by atoms with Gasteiger partial charge in [-0.25, -0.2) is 0 Å². The Kier molecular flexibility index (Phi) is 4.49. The van der Waals surface area contributed by atoms with E-state index in [-0.39, 0.29) is 0 Å². The monoisotopic (exact) mass is 244 g/mol. The first-order valence-electron chi connectivity index (χ1n) is 4.87. The molecule has 0 unspecified atom stereocenters. The highest BCUT2D eigenvalue weighted by atomic mass is 19.4. The SMILES string of the molecule is N#C[C@@H](N[C@@H](CO)c1ccccc1)C(F)(F)F. The second-order valence-corrected chi connectivity index (χ2v) is 3.42. The molecular weight excluding hydrogens is 233 g/mol. The number of nitrogens with zero attached hydrogens (tertiary/aromatic N) is 1. The van der Waals surface area contributed by atoms with Gasteiger partial charge >= 0.3 is 6.18 Å². The van der Waals surface area contributed by atoms with Crippen LogP contribution in [0.1, 0.15) is 11.6 Å². The lowest BCUT2D eigenvalue weighted by Crippen LogP contribution is -2.43. The van der Waals surface area contributed by atoms with Crippen molar-refractivity contribution in [3.05, 3.63) is 35.9 Å². The molecule has 6 heteroatoms. The summed E-state index contributed by atoms with van der Waals surface area (Å²) < 4.78 is 37.1. The third-order valence-corrected chi connectivity index (χ3v) is 2.21. The molecule has 0 saturated heterocycles. The lowest BCUT2D eigenvalue weighted by Gasteiger charge is -2.22. The van der Waals surface area contributed by atoms with E-state index in [1.54, 1.807) is 30.3 Å². The van der Waals surface area contributed by atoms with E-state index < -0.39 is 24.9 Å². The summed E-state index contributed by atoms with van der Waals surface area (Å²) in [6, 6.07) is 6.09. The average Bonchev–Trinajstić information content (AvgIpc) is 2.30. The zero-order valence-corrected chi connectivity index (χ0v) is 8.78. The molecule has 3 nitrogen and oxygen atoms in total. The van der Waals surface area contributed by atoms with E-state index in [4.69, 9.17) is 10.4 Å². The molecule has 0 bridgehead atoms. The van der Waals surface area contributed by atoms with Gasteiger partial charge in [-0.1, -0.05) is 30.3 Å². The Morgan fingerprint density at radius 3 is 2.29 bits per heavy atom. The fraction of sp³-hybridized carbons (Fsp3) is 0.364. The van der Waals surface area contributed by atoms with Crippen LogP contribution in [0.15, 0.2) is 30.3 Å². The average molecular weight is 244 g/mol. The second kappa shape index (κ2) is 5.66. The first-order chi connectivity index (χ1) is 7.99. The number of hydrogen-bond acceptors (Lipinski definition) is 3. The van der Waals surface area contributed by atoms with Crippen LogP contribution in [0.25, 0.3) is 0 Å². The molecule has 0 aliphatic heterocycles. The van der Waals surface area contributed by atoms with Gasteiger partial charge in [0.1, 0.15) is 0 Å². The molecule has 2 N–H and O–H groups in total. The highest BCUT2D eigenvalue weighted by Crippen LogP contribution is 2.22. The summed E-state index contributed by atoms with van der Waals surface area (Å²) in [6.07, 6.45) is -4.66. The van der Waals surface area contributed by atoms with Crippen molar-refractivity contribution in [3.63, 3.8) is 0 Å². The molecule has 0 heterocycles. The van der Waals surface area contributed by atoms with E-state index in [0.717, 1.165) is 6.07 Å². The number of alkyl halides is 3. The number of rotatable bonds is 4. The molecule has 0 aliphatic carbocycles. The fourth-order valence-electron chi connectivity index (χ4n) is 1.35. The fourth-order valence-corrected chi connectivity index (χ4v) is 1.35.